The largest absolute Gasteiger partial charge is 0.459 e. The Morgan fingerprint density at radius 2 is 1.80 bits per heavy atom. The first kappa shape index (κ1) is 11.4. The zero-order valence-corrected chi connectivity index (χ0v) is 10.3. The standard InChI is InChI=1S/C11H22BNO2/c1-10(2)11(3,4)15-12(14-10)8-9-6-5-7-13-9/h9,13H,5-8H2,1-4H3/t9-/m1/s1. The summed E-state index contributed by atoms with van der Waals surface area (Å²) in [5.74, 6) is 0. The zero-order chi connectivity index (χ0) is 11.1. The second kappa shape index (κ2) is 3.76. The van der Waals surface area contributed by atoms with Crippen molar-refractivity contribution >= 4 is 7.12 Å². The highest BCUT2D eigenvalue weighted by molar-refractivity contribution is 6.45. The Morgan fingerprint density at radius 1 is 1.20 bits per heavy atom. The predicted octanol–water partition coefficient (Wildman–Crippen LogP) is 1.83. The third kappa shape index (κ3) is 2.22. The highest BCUT2D eigenvalue weighted by Gasteiger charge is 2.51. The van der Waals surface area contributed by atoms with E-state index in [0.717, 1.165) is 12.9 Å². The molecule has 0 amide bonds. The van der Waals surface area contributed by atoms with Crippen molar-refractivity contribution in [3.05, 3.63) is 0 Å². The molecule has 0 bridgehead atoms. The first-order valence-electron chi connectivity index (χ1n) is 6.00. The summed E-state index contributed by atoms with van der Waals surface area (Å²) < 4.78 is 11.9. The van der Waals surface area contributed by atoms with E-state index < -0.39 is 0 Å². The van der Waals surface area contributed by atoms with Gasteiger partial charge in [-0.15, -0.1) is 0 Å². The number of hydrogen-bond acceptors (Lipinski definition) is 3. The molecule has 2 fully saturated rings. The fraction of sp³-hybridized carbons (Fsp3) is 1.00. The molecule has 0 aromatic rings. The van der Waals surface area contributed by atoms with Gasteiger partial charge in [-0.2, -0.15) is 0 Å². The maximum Gasteiger partial charge on any atom is 0.459 e. The molecular formula is C11H22BNO2. The van der Waals surface area contributed by atoms with Crippen LogP contribution in [-0.4, -0.2) is 30.9 Å². The SMILES string of the molecule is CC1(C)OB(C[C@H]2CCCN2)OC1(C)C. The van der Waals surface area contributed by atoms with Crippen molar-refractivity contribution in [2.45, 2.75) is 64.1 Å². The topological polar surface area (TPSA) is 30.5 Å². The highest BCUT2D eigenvalue weighted by Crippen LogP contribution is 2.38. The summed E-state index contributed by atoms with van der Waals surface area (Å²) in [6, 6.07) is 0.583. The molecule has 2 aliphatic rings. The Bertz CT molecular complexity index is 221. The molecule has 2 heterocycles. The molecule has 0 saturated carbocycles. The molecule has 0 aromatic heterocycles. The van der Waals surface area contributed by atoms with Crippen LogP contribution in [0.4, 0.5) is 0 Å². The lowest BCUT2D eigenvalue weighted by molar-refractivity contribution is 0.00578. The smallest absolute Gasteiger partial charge is 0.403 e. The molecule has 4 heteroatoms. The van der Waals surface area contributed by atoms with E-state index in [-0.39, 0.29) is 18.3 Å². The van der Waals surface area contributed by atoms with Gasteiger partial charge in [0.1, 0.15) is 0 Å². The fourth-order valence-electron chi connectivity index (χ4n) is 2.25. The van der Waals surface area contributed by atoms with Gasteiger partial charge in [0.2, 0.25) is 0 Å². The minimum atomic E-state index is -0.184. The quantitative estimate of drug-likeness (QED) is 0.707. The van der Waals surface area contributed by atoms with E-state index in [1.807, 2.05) is 0 Å². The van der Waals surface area contributed by atoms with Crippen LogP contribution >= 0.6 is 0 Å². The minimum absolute atomic E-state index is 0.0365. The molecule has 0 aliphatic carbocycles. The Balaban J connectivity index is 1.91. The van der Waals surface area contributed by atoms with Gasteiger partial charge in [0.25, 0.3) is 0 Å². The summed E-state index contributed by atoms with van der Waals surface area (Å²) in [7, 11) is -0.0365. The van der Waals surface area contributed by atoms with E-state index in [0.29, 0.717) is 6.04 Å². The molecule has 1 atom stereocenters. The fourth-order valence-corrected chi connectivity index (χ4v) is 2.25. The summed E-state index contributed by atoms with van der Waals surface area (Å²) >= 11 is 0. The van der Waals surface area contributed by atoms with Gasteiger partial charge in [0.15, 0.2) is 0 Å². The van der Waals surface area contributed by atoms with E-state index in [1.165, 1.54) is 12.8 Å². The van der Waals surface area contributed by atoms with Crippen molar-refractivity contribution in [1.82, 2.24) is 5.32 Å². The van der Waals surface area contributed by atoms with Gasteiger partial charge >= 0.3 is 7.12 Å². The van der Waals surface area contributed by atoms with Crippen LogP contribution in [0.2, 0.25) is 6.32 Å². The first-order chi connectivity index (χ1) is 6.91. The van der Waals surface area contributed by atoms with Crippen LogP contribution in [-0.2, 0) is 9.31 Å². The molecule has 15 heavy (non-hydrogen) atoms. The van der Waals surface area contributed by atoms with Gasteiger partial charge in [0.05, 0.1) is 11.2 Å². The van der Waals surface area contributed by atoms with Crippen LogP contribution in [0.15, 0.2) is 0 Å². The van der Waals surface area contributed by atoms with Gasteiger partial charge in [0, 0.05) is 6.04 Å². The Kier molecular flexibility index (Phi) is 2.86. The van der Waals surface area contributed by atoms with E-state index >= 15 is 0 Å². The lowest BCUT2D eigenvalue weighted by Gasteiger charge is -2.32. The Morgan fingerprint density at radius 3 is 2.27 bits per heavy atom. The van der Waals surface area contributed by atoms with Crippen LogP contribution in [0.5, 0.6) is 0 Å². The second-order valence-corrected chi connectivity index (χ2v) is 5.71. The molecule has 2 aliphatic heterocycles. The summed E-state index contributed by atoms with van der Waals surface area (Å²) in [5.41, 5.74) is -0.369. The van der Waals surface area contributed by atoms with Crippen molar-refractivity contribution in [3.8, 4) is 0 Å². The van der Waals surface area contributed by atoms with Gasteiger partial charge in [-0.3, -0.25) is 0 Å². The monoisotopic (exact) mass is 211 g/mol. The van der Waals surface area contributed by atoms with Crippen molar-refractivity contribution in [2.24, 2.45) is 0 Å². The predicted molar refractivity (Wildman–Crippen MR) is 61.9 cm³/mol. The molecule has 86 valence electrons. The van der Waals surface area contributed by atoms with Crippen molar-refractivity contribution in [3.63, 3.8) is 0 Å². The van der Waals surface area contributed by atoms with E-state index in [9.17, 15) is 0 Å². The molecule has 1 N–H and O–H groups in total. The molecule has 0 unspecified atom stereocenters. The van der Waals surface area contributed by atoms with Gasteiger partial charge in [-0.25, -0.2) is 0 Å². The summed E-state index contributed by atoms with van der Waals surface area (Å²) in [6.45, 7) is 9.57. The lowest BCUT2D eigenvalue weighted by atomic mass is 9.80. The third-order valence-corrected chi connectivity index (χ3v) is 3.94. The highest BCUT2D eigenvalue weighted by atomic mass is 16.7. The number of rotatable bonds is 2. The minimum Gasteiger partial charge on any atom is -0.403 e. The van der Waals surface area contributed by atoms with E-state index in [2.05, 4.69) is 33.0 Å². The van der Waals surface area contributed by atoms with E-state index in [4.69, 9.17) is 9.31 Å². The van der Waals surface area contributed by atoms with Crippen LogP contribution < -0.4 is 5.32 Å². The third-order valence-electron chi connectivity index (χ3n) is 3.94. The van der Waals surface area contributed by atoms with Crippen molar-refractivity contribution in [1.29, 1.82) is 0 Å². The summed E-state index contributed by atoms with van der Waals surface area (Å²) in [5, 5.41) is 3.48. The first-order valence-corrected chi connectivity index (χ1v) is 6.00. The molecule has 2 saturated heterocycles. The average molecular weight is 211 g/mol. The van der Waals surface area contributed by atoms with Crippen molar-refractivity contribution in [2.75, 3.05) is 6.54 Å². The molecule has 0 radical (unpaired) electrons. The molecule has 0 aromatic carbocycles. The van der Waals surface area contributed by atoms with Crippen molar-refractivity contribution < 1.29 is 9.31 Å². The maximum atomic E-state index is 5.96. The van der Waals surface area contributed by atoms with Crippen LogP contribution in [0.25, 0.3) is 0 Å². The van der Waals surface area contributed by atoms with Gasteiger partial charge < -0.3 is 14.6 Å². The molecular weight excluding hydrogens is 189 g/mol. The molecule has 0 spiro atoms. The normalized spacial score (nSPS) is 33.6. The Hall–Kier alpha value is -0.0551. The zero-order valence-electron chi connectivity index (χ0n) is 10.3. The van der Waals surface area contributed by atoms with E-state index in [1.54, 1.807) is 0 Å². The summed E-state index contributed by atoms with van der Waals surface area (Å²) in [4.78, 5) is 0. The average Bonchev–Trinajstić information content (AvgIpc) is 2.59. The number of nitrogens with one attached hydrogen (secondary N) is 1. The lowest BCUT2D eigenvalue weighted by Crippen LogP contribution is -2.41. The van der Waals surface area contributed by atoms with Gasteiger partial charge in [-0.05, 0) is 53.4 Å². The molecule has 3 nitrogen and oxygen atoms in total. The number of hydrogen-bond donors (Lipinski definition) is 1. The second-order valence-electron chi connectivity index (χ2n) is 5.71. The maximum absolute atomic E-state index is 5.96. The van der Waals surface area contributed by atoms with Crippen LogP contribution in [0.1, 0.15) is 40.5 Å². The molecule has 2 rings (SSSR count). The summed E-state index contributed by atoms with van der Waals surface area (Å²) in [6.07, 6.45) is 3.51. The van der Waals surface area contributed by atoms with Gasteiger partial charge in [-0.1, -0.05) is 0 Å². The van der Waals surface area contributed by atoms with Crippen LogP contribution in [0.3, 0.4) is 0 Å². The van der Waals surface area contributed by atoms with Crippen LogP contribution in [0, 0.1) is 0 Å². The Labute approximate surface area is 93.0 Å².